The van der Waals surface area contributed by atoms with Gasteiger partial charge >= 0.3 is 0 Å². The van der Waals surface area contributed by atoms with Gasteiger partial charge in [0, 0.05) is 11.4 Å². The molecule has 0 amide bonds. The van der Waals surface area contributed by atoms with E-state index in [1.54, 1.807) is 11.3 Å². The van der Waals surface area contributed by atoms with Gasteiger partial charge in [0.25, 0.3) is 6.43 Å². The molecule has 0 bridgehead atoms. The minimum atomic E-state index is -2.39. The topological polar surface area (TPSA) is 49.3 Å². The molecular formula is C11H19F2IN4S. The molecule has 0 atom stereocenters. The molecule has 0 fully saturated rings. The van der Waals surface area contributed by atoms with Crippen LogP contribution in [-0.2, 0) is 6.54 Å². The van der Waals surface area contributed by atoms with Gasteiger partial charge in [-0.05, 0) is 20.8 Å². The predicted octanol–water partition coefficient (Wildman–Crippen LogP) is 2.70. The van der Waals surface area contributed by atoms with Crippen molar-refractivity contribution in [2.45, 2.75) is 33.7 Å². The van der Waals surface area contributed by atoms with E-state index in [0.717, 1.165) is 15.6 Å². The molecule has 19 heavy (non-hydrogen) atoms. The summed E-state index contributed by atoms with van der Waals surface area (Å²) in [4.78, 5) is 9.62. The lowest BCUT2D eigenvalue weighted by Crippen LogP contribution is -2.39. The lowest BCUT2D eigenvalue weighted by molar-refractivity contribution is 0.152. The smallest absolute Gasteiger partial charge is 0.255 e. The maximum absolute atomic E-state index is 12.1. The summed E-state index contributed by atoms with van der Waals surface area (Å²) in [6.07, 6.45) is -2.39. The highest BCUT2D eigenvalue weighted by atomic mass is 127. The van der Waals surface area contributed by atoms with Crippen LogP contribution in [0.2, 0.25) is 0 Å². The molecule has 1 rings (SSSR count). The fourth-order valence-electron chi connectivity index (χ4n) is 1.39. The van der Waals surface area contributed by atoms with Crippen LogP contribution in [0.5, 0.6) is 0 Å². The Hall–Kier alpha value is -0.510. The van der Waals surface area contributed by atoms with Crippen molar-refractivity contribution in [1.29, 1.82) is 0 Å². The van der Waals surface area contributed by atoms with Crippen LogP contribution in [0.15, 0.2) is 4.99 Å². The molecule has 0 spiro atoms. The van der Waals surface area contributed by atoms with E-state index in [2.05, 4.69) is 20.6 Å². The first kappa shape index (κ1) is 18.5. The van der Waals surface area contributed by atoms with E-state index in [1.165, 1.54) is 0 Å². The number of aryl methyl sites for hydroxylation is 2. The SMILES string of the molecule is CCNC(=NCc1sc(C)nc1C)NCC(F)F.I. The summed E-state index contributed by atoms with van der Waals surface area (Å²) in [6.45, 7) is 6.44. The van der Waals surface area contributed by atoms with Crippen molar-refractivity contribution in [3.05, 3.63) is 15.6 Å². The van der Waals surface area contributed by atoms with Gasteiger partial charge < -0.3 is 10.6 Å². The van der Waals surface area contributed by atoms with Gasteiger partial charge in [-0.2, -0.15) is 0 Å². The van der Waals surface area contributed by atoms with Gasteiger partial charge in [0.2, 0.25) is 0 Å². The van der Waals surface area contributed by atoms with Crippen molar-refractivity contribution in [3.63, 3.8) is 0 Å². The Kier molecular flexibility index (Phi) is 9.15. The molecular weight excluding hydrogens is 385 g/mol. The zero-order valence-corrected chi connectivity index (χ0v) is 14.3. The third-order valence-electron chi connectivity index (χ3n) is 2.15. The highest BCUT2D eigenvalue weighted by Gasteiger charge is 2.06. The van der Waals surface area contributed by atoms with E-state index < -0.39 is 13.0 Å². The maximum Gasteiger partial charge on any atom is 0.255 e. The normalized spacial score (nSPS) is 11.4. The molecule has 0 aliphatic heterocycles. The quantitative estimate of drug-likeness (QED) is 0.451. The fraction of sp³-hybridized carbons (Fsp3) is 0.636. The predicted molar refractivity (Wildman–Crippen MR) is 85.8 cm³/mol. The summed E-state index contributed by atoms with van der Waals surface area (Å²) in [5, 5.41) is 6.50. The van der Waals surface area contributed by atoms with Crippen molar-refractivity contribution < 1.29 is 8.78 Å². The molecule has 110 valence electrons. The van der Waals surface area contributed by atoms with Crippen molar-refractivity contribution in [1.82, 2.24) is 15.6 Å². The molecule has 4 nitrogen and oxygen atoms in total. The number of guanidine groups is 1. The number of halogens is 3. The zero-order chi connectivity index (χ0) is 13.5. The second-order valence-electron chi connectivity index (χ2n) is 3.71. The number of aromatic nitrogens is 1. The average molecular weight is 404 g/mol. The van der Waals surface area contributed by atoms with Gasteiger partial charge in [0.05, 0.1) is 23.8 Å². The lowest BCUT2D eigenvalue weighted by atomic mass is 10.4. The van der Waals surface area contributed by atoms with Gasteiger partial charge in [0.15, 0.2) is 5.96 Å². The number of hydrogen-bond acceptors (Lipinski definition) is 3. The molecule has 0 aliphatic rings. The van der Waals surface area contributed by atoms with E-state index in [9.17, 15) is 8.78 Å². The second-order valence-corrected chi connectivity index (χ2v) is 5.00. The Bertz CT molecular complexity index is 409. The Morgan fingerprint density at radius 1 is 1.37 bits per heavy atom. The molecule has 0 aliphatic carbocycles. The standard InChI is InChI=1S/C11H18F2N4S.HI/c1-4-14-11(16-6-10(12)13)15-5-9-7(2)17-8(3)18-9;/h10H,4-6H2,1-3H3,(H2,14,15,16);1H. The number of aliphatic imine (C=N–C) groups is 1. The molecule has 1 aromatic rings. The van der Waals surface area contributed by atoms with Crippen LogP contribution in [0.25, 0.3) is 0 Å². The number of thiazole rings is 1. The summed E-state index contributed by atoms with van der Waals surface area (Å²) in [6, 6.07) is 0. The van der Waals surface area contributed by atoms with Crippen LogP contribution >= 0.6 is 35.3 Å². The molecule has 1 heterocycles. The number of hydrogen-bond donors (Lipinski definition) is 2. The third kappa shape index (κ3) is 7.00. The van der Waals surface area contributed by atoms with Crippen molar-refractivity contribution >= 4 is 41.3 Å². The number of alkyl halides is 2. The Morgan fingerprint density at radius 3 is 2.53 bits per heavy atom. The summed E-state index contributed by atoms with van der Waals surface area (Å²) >= 11 is 1.58. The first-order valence-electron chi connectivity index (χ1n) is 5.76. The van der Waals surface area contributed by atoms with Crippen LogP contribution < -0.4 is 10.6 Å². The first-order valence-corrected chi connectivity index (χ1v) is 6.57. The minimum Gasteiger partial charge on any atom is -0.357 e. The van der Waals surface area contributed by atoms with Crippen molar-refractivity contribution in [3.8, 4) is 0 Å². The zero-order valence-electron chi connectivity index (χ0n) is 11.2. The van der Waals surface area contributed by atoms with Crippen LogP contribution in [0.4, 0.5) is 8.78 Å². The van der Waals surface area contributed by atoms with Crippen LogP contribution in [-0.4, -0.2) is 30.5 Å². The molecule has 0 aromatic carbocycles. The summed E-state index contributed by atoms with van der Waals surface area (Å²) in [5.41, 5.74) is 0.950. The number of rotatable bonds is 5. The van der Waals surface area contributed by atoms with E-state index >= 15 is 0 Å². The van der Waals surface area contributed by atoms with Crippen LogP contribution in [0.1, 0.15) is 22.5 Å². The van der Waals surface area contributed by atoms with Crippen molar-refractivity contribution in [2.24, 2.45) is 4.99 Å². The van der Waals surface area contributed by atoms with Gasteiger partial charge in [-0.1, -0.05) is 0 Å². The highest BCUT2D eigenvalue weighted by molar-refractivity contribution is 14.0. The molecule has 0 saturated heterocycles. The number of nitrogens with one attached hydrogen (secondary N) is 2. The van der Waals surface area contributed by atoms with E-state index in [-0.39, 0.29) is 24.0 Å². The Labute approximate surface area is 133 Å². The first-order chi connectivity index (χ1) is 8.52. The van der Waals surface area contributed by atoms with Gasteiger partial charge in [-0.15, -0.1) is 35.3 Å². The summed E-state index contributed by atoms with van der Waals surface area (Å²) < 4.78 is 24.2. The molecule has 1 aromatic heterocycles. The van der Waals surface area contributed by atoms with Crippen LogP contribution in [0, 0.1) is 13.8 Å². The minimum absolute atomic E-state index is 0. The van der Waals surface area contributed by atoms with E-state index in [0.29, 0.717) is 19.0 Å². The Balaban J connectivity index is 0.00000324. The fourth-order valence-corrected chi connectivity index (χ4v) is 2.25. The maximum atomic E-state index is 12.1. The van der Waals surface area contributed by atoms with Gasteiger partial charge in [-0.3, -0.25) is 0 Å². The third-order valence-corrected chi connectivity index (χ3v) is 3.21. The monoisotopic (exact) mass is 404 g/mol. The van der Waals surface area contributed by atoms with E-state index in [1.807, 2.05) is 20.8 Å². The van der Waals surface area contributed by atoms with Gasteiger partial charge in [0.1, 0.15) is 0 Å². The summed E-state index contributed by atoms with van der Waals surface area (Å²) in [7, 11) is 0. The second kappa shape index (κ2) is 9.40. The molecule has 0 radical (unpaired) electrons. The highest BCUT2D eigenvalue weighted by Crippen LogP contribution is 2.17. The molecule has 0 unspecified atom stereocenters. The summed E-state index contributed by atoms with van der Waals surface area (Å²) in [5.74, 6) is 0.406. The Morgan fingerprint density at radius 2 is 2.05 bits per heavy atom. The van der Waals surface area contributed by atoms with Crippen LogP contribution in [0.3, 0.4) is 0 Å². The molecule has 8 heteroatoms. The van der Waals surface area contributed by atoms with Gasteiger partial charge in [-0.25, -0.2) is 18.8 Å². The molecule has 0 saturated carbocycles. The lowest BCUT2D eigenvalue weighted by Gasteiger charge is -2.10. The number of nitrogens with zero attached hydrogens (tertiary/aromatic N) is 2. The molecule has 2 N–H and O–H groups in total. The largest absolute Gasteiger partial charge is 0.357 e. The van der Waals surface area contributed by atoms with Crippen molar-refractivity contribution in [2.75, 3.05) is 13.1 Å². The average Bonchev–Trinajstić information content (AvgIpc) is 2.61. The van der Waals surface area contributed by atoms with E-state index in [4.69, 9.17) is 0 Å².